The van der Waals surface area contributed by atoms with E-state index in [1.165, 1.54) is 24.3 Å². The molecular weight excluding hydrogens is 405 g/mol. The number of nitrogens with one attached hydrogen (secondary N) is 2. The number of hydrogen-bond acceptors (Lipinski definition) is 2. The first-order chi connectivity index (χ1) is 13.7. The molecule has 0 radical (unpaired) electrons. The summed E-state index contributed by atoms with van der Waals surface area (Å²) in [5, 5.41) is 5.91. The van der Waals surface area contributed by atoms with Gasteiger partial charge in [-0.05, 0) is 61.6 Å². The van der Waals surface area contributed by atoms with Crippen LogP contribution < -0.4 is 10.6 Å². The summed E-state index contributed by atoms with van der Waals surface area (Å²) in [7, 11) is 0. The van der Waals surface area contributed by atoms with Crippen molar-refractivity contribution in [1.82, 2.24) is 5.32 Å². The molecule has 8 heteroatoms. The lowest BCUT2D eigenvalue weighted by Crippen LogP contribution is -2.28. The summed E-state index contributed by atoms with van der Waals surface area (Å²) in [4.78, 5) is 25.2. The zero-order chi connectivity index (χ0) is 20.8. The minimum Gasteiger partial charge on any atom is -0.349 e. The van der Waals surface area contributed by atoms with Crippen LogP contribution in [-0.4, -0.2) is 17.9 Å². The van der Waals surface area contributed by atoms with Crippen molar-refractivity contribution in [3.8, 4) is 0 Å². The number of halogens is 4. The molecule has 0 bridgehead atoms. The second-order valence-electron chi connectivity index (χ2n) is 7.55. The third kappa shape index (κ3) is 4.10. The SMILES string of the molecule is O=C(NC1CC1)c1cc(NC(=O)C2(c3ccc(C(F)(F)F)cc3)CC2)ccc1Cl. The number of anilines is 1. The molecule has 2 saturated carbocycles. The Kier molecular flexibility index (Phi) is 4.81. The molecule has 0 heterocycles. The maximum atomic E-state index is 12.9. The van der Waals surface area contributed by atoms with Crippen molar-refractivity contribution < 1.29 is 22.8 Å². The Labute approximate surface area is 170 Å². The third-order valence-corrected chi connectivity index (χ3v) is 5.66. The molecule has 0 atom stereocenters. The zero-order valence-corrected chi connectivity index (χ0v) is 16.0. The van der Waals surface area contributed by atoms with Crippen LogP contribution in [0.25, 0.3) is 0 Å². The molecule has 2 fully saturated rings. The molecule has 4 nitrogen and oxygen atoms in total. The van der Waals surface area contributed by atoms with Crippen LogP contribution in [0.15, 0.2) is 42.5 Å². The highest BCUT2D eigenvalue weighted by atomic mass is 35.5. The topological polar surface area (TPSA) is 58.2 Å². The van der Waals surface area contributed by atoms with Gasteiger partial charge in [0.2, 0.25) is 5.91 Å². The maximum Gasteiger partial charge on any atom is 0.416 e. The van der Waals surface area contributed by atoms with Gasteiger partial charge < -0.3 is 10.6 Å². The van der Waals surface area contributed by atoms with E-state index < -0.39 is 17.2 Å². The molecule has 2 aromatic rings. The van der Waals surface area contributed by atoms with E-state index in [2.05, 4.69) is 10.6 Å². The quantitative estimate of drug-likeness (QED) is 0.718. The van der Waals surface area contributed by atoms with Crippen LogP contribution in [-0.2, 0) is 16.4 Å². The molecule has 2 aromatic carbocycles. The average Bonchev–Trinajstić information content (AvgIpc) is 3.57. The Morgan fingerprint density at radius 3 is 2.24 bits per heavy atom. The lowest BCUT2D eigenvalue weighted by Gasteiger charge is -2.17. The van der Waals surface area contributed by atoms with Gasteiger partial charge in [-0.1, -0.05) is 23.7 Å². The number of carbonyl (C=O) groups is 2. The second kappa shape index (κ2) is 7.06. The highest BCUT2D eigenvalue weighted by molar-refractivity contribution is 6.34. The van der Waals surface area contributed by atoms with Gasteiger partial charge in [0.15, 0.2) is 0 Å². The van der Waals surface area contributed by atoms with Gasteiger partial charge in [0, 0.05) is 11.7 Å². The minimum atomic E-state index is -4.42. The first-order valence-corrected chi connectivity index (χ1v) is 9.66. The van der Waals surface area contributed by atoms with Crippen LogP contribution in [0.3, 0.4) is 0 Å². The molecule has 2 aliphatic rings. The molecule has 2 N–H and O–H groups in total. The van der Waals surface area contributed by atoms with E-state index in [0.29, 0.717) is 24.1 Å². The summed E-state index contributed by atoms with van der Waals surface area (Å²) >= 11 is 6.12. The summed E-state index contributed by atoms with van der Waals surface area (Å²) in [6, 6.07) is 9.51. The first kappa shape index (κ1) is 19.8. The van der Waals surface area contributed by atoms with E-state index in [0.717, 1.165) is 25.0 Å². The van der Waals surface area contributed by atoms with Gasteiger partial charge in [0.25, 0.3) is 5.91 Å². The standard InChI is InChI=1S/C21H18ClF3N2O2/c22-17-8-7-15(11-16(17)18(28)26-14-5-6-14)27-19(29)20(9-10-20)12-1-3-13(4-2-12)21(23,24)25/h1-4,7-8,11,14H,5-6,9-10H2,(H,26,28)(H,27,29). The van der Waals surface area contributed by atoms with Crippen LogP contribution in [0.2, 0.25) is 5.02 Å². The highest BCUT2D eigenvalue weighted by Crippen LogP contribution is 2.49. The van der Waals surface area contributed by atoms with Crippen LogP contribution in [0.1, 0.15) is 47.2 Å². The lowest BCUT2D eigenvalue weighted by molar-refractivity contribution is -0.137. The molecule has 0 unspecified atom stereocenters. The third-order valence-electron chi connectivity index (χ3n) is 5.33. The van der Waals surface area contributed by atoms with Crippen molar-refractivity contribution in [2.75, 3.05) is 5.32 Å². The number of carbonyl (C=O) groups excluding carboxylic acids is 2. The fourth-order valence-electron chi connectivity index (χ4n) is 3.27. The summed E-state index contributed by atoms with van der Waals surface area (Å²) < 4.78 is 38.3. The van der Waals surface area contributed by atoms with Crippen LogP contribution in [0.4, 0.5) is 18.9 Å². The molecule has 0 spiro atoms. The molecule has 0 saturated heterocycles. The minimum absolute atomic E-state index is 0.172. The Morgan fingerprint density at radius 2 is 1.69 bits per heavy atom. The fraction of sp³-hybridized carbons (Fsp3) is 0.333. The van der Waals surface area contributed by atoms with Crippen molar-refractivity contribution in [2.24, 2.45) is 0 Å². The van der Waals surface area contributed by atoms with E-state index in [-0.39, 0.29) is 28.4 Å². The maximum absolute atomic E-state index is 12.9. The molecular formula is C21H18ClF3N2O2. The molecule has 4 rings (SSSR count). The molecule has 2 amide bonds. The summed E-state index contributed by atoms with van der Waals surface area (Å²) in [5.74, 6) is -0.606. The Bertz CT molecular complexity index is 965. The van der Waals surface area contributed by atoms with Gasteiger partial charge >= 0.3 is 6.18 Å². The van der Waals surface area contributed by atoms with Crippen LogP contribution >= 0.6 is 11.6 Å². The van der Waals surface area contributed by atoms with E-state index in [4.69, 9.17) is 11.6 Å². The smallest absolute Gasteiger partial charge is 0.349 e. The summed E-state index contributed by atoms with van der Waals surface area (Å²) in [6.07, 6.45) is -1.44. The molecule has 29 heavy (non-hydrogen) atoms. The summed E-state index contributed by atoms with van der Waals surface area (Å²) in [6.45, 7) is 0. The predicted octanol–water partition coefficient (Wildman–Crippen LogP) is 4.92. The highest BCUT2D eigenvalue weighted by Gasteiger charge is 2.51. The lowest BCUT2D eigenvalue weighted by atomic mass is 9.93. The van der Waals surface area contributed by atoms with E-state index in [1.54, 1.807) is 6.07 Å². The number of rotatable bonds is 5. The van der Waals surface area contributed by atoms with Gasteiger partial charge in [-0.25, -0.2) is 0 Å². The summed E-state index contributed by atoms with van der Waals surface area (Å²) in [5.41, 5.74) is -0.361. The normalized spacial score (nSPS) is 17.5. The largest absolute Gasteiger partial charge is 0.416 e. The van der Waals surface area contributed by atoms with Gasteiger partial charge in [-0.2, -0.15) is 13.2 Å². The molecule has 0 aromatic heterocycles. The Hall–Kier alpha value is -2.54. The van der Waals surface area contributed by atoms with Crippen LogP contribution in [0.5, 0.6) is 0 Å². The van der Waals surface area contributed by atoms with Gasteiger partial charge in [0.1, 0.15) is 0 Å². The fourth-order valence-corrected chi connectivity index (χ4v) is 3.47. The van der Waals surface area contributed by atoms with Crippen LogP contribution in [0, 0.1) is 0 Å². The van der Waals surface area contributed by atoms with Crippen molar-refractivity contribution in [2.45, 2.75) is 43.3 Å². The first-order valence-electron chi connectivity index (χ1n) is 9.29. The van der Waals surface area contributed by atoms with E-state index >= 15 is 0 Å². The number of amides is 2. The Balaban J connectivity index is 1.51. The van der Waals surface area contributed by atoms with Crippen molar-refractivity contribution in [3.63, 3.8) is 0 Å². The molecule has 0 aliphatic heterocycles. The second-order valence-corrected chi connectivity index (χ2v) is 7.96. The molecule has 2 aliphatic carbocycles. The van der Waals surface area contributed by atoms with E-state index in [1.807, 2.05) is 0 Å². The van der Waals surface area contributed by atoms with E-state index in [9.17, 15) is 22.8 Å². The van der Waals surface area contributed by atoms with Crippen molar-refractivity contribution in [3.05, 3.63) is 64.2 Å². The monoisotopic (exact) mass is 422 g/mol. The number of alkyl halides is 3. The number of benzene rings is 2. The molecule has 152 valence electrons. The van der Waals surface area contributed by atoms with Crippen molar-refractivity contribution >= 4 is 29.1 Å². The average molecular weight is 423 g/mol. The van der Waals surface area contributed by atoms with Gasteiger partial charge in [0.05, 0.1) is 21.6 Å². The predicted molar refractivity (Wildman–Crippen MR) is 103 cm³/mol. The Morgan fingerprint density at radius 1 is 1.03 bits per heavy atom. The van der Waals surface area contributed by atoms with Gasteiger partial charge in [-0.3, -0.25) is 9.59 Å². The zero-order valence-electron chi connectivity index (χ0n) is 15.3. The van der Waals surface area contributed by atoms with Crippen molar-refractivity contribution in [1.29, 1.82) is 0 Å². The van der Waals surface area contributed by atoms with Gasteiger partial charge in [-0.15, -0.1) is 0 Å². The number of hydrogen-bond donors (Lipinski definition) is 2.